The molecule has 0 aliphatic carbocycles. The van der Waals surface area contributed by atoms with Gasteiger partial charge in [0.15, 0.2) is 0 Å². The standard InChI is InChI=1S/C14H18ClNO3/c1-3-10-8-19-9(2)7-16(10)13-11(14(17)18)5-4-6-12(13)15/h4-6,9-10H,3,7-8H2,1-2H3,(H,17,18). The van der Waals surface area contributed by atoms with Gasteiger partial charge < -0.3 is 14.7 Å². The summed E-state index contributed by atoms with van der Waals surface area (Å²) in [6.45, 7) is 5.30. The predicted molar refractivity (Wildman–Crippen MR) is 75.3 cm³/mol. The Morgan fingerprint density at radius 1 is 1.58 bits per heavy atom. The molecule has 1 aliphatic rings. The zero-order valence-electron chi connectivity index (χ0n) is 11.1. The van der Waals surface area contributed by atoms with E-state index in [1.807, 2.05) is 6.92 Å². The largest absolute Gasteiger partial charge is 0.478 e. The number of carboxylic acids is 1. The molecule has 0 saturated carbocycles. The number of carboxylic acid groups (broad SMARTS) is 1. The van der Waals surface area contributed by atoms with Gasteiger partial charge >= 0.3 is 5.97 Å². The second-order valence-corrected chi connectivity index (χ2v) is 5.21. The Labute approximate surface area is 117 Å². The molecule has 1 heterocycles. The van der Waals surface area contributed by atoms with Crippen molar-refractivity contribution in [2.24, 2.45) is 0 Å². The van der Waals surface area contributed by atoms with Crippen LogP contribution in [0.25, 0.3) is 0 Å². The van der Waals surface area contributed by atoms with E-state index in [4.69, 9.17) is 16.3 Å². The quantitative estimate of drug-likeness (QED) is 0.926. The number of halogens is 1. The summed E-state index contributed by atoms with van der Waals surface area (Å²) >= 11 is 6.23. The van der Waals surface area contributed by atoms with Crippen molar-refractivity contribution < 1.29 is 14.6 Å². The van der Waals surface area contributed by atoms with Crippen molar-refractivity contribution >= 4 is 23.3 Å². The van der Waals surface area contributed by atoms with Crippen LogP contribution in [0, 0.1) is 0 Å². The third kappa shape index (κ3) is 2.85. The molecule has 1 aromatic rings. The van der Waals surface area contributed by atoms with Crippen LogP contribution in [0.1, 0.15) is 30.6 Å². The molecule has 0 aromatic heterocycles. The Bertz CT molecular complexity index is 478. The van der Waals surface area contributed by atoms with Gasteiger partial charge in [0.2, 0.25) is 0 Å². The lowest BCUT2D eigenvalue weighted by molar-refractivity contribution is 0.0297. The number of benzene rings is 1. The van der Waals surface area contributed by atoms with Gasteiger partial charge in [-0.25, -0.2) is 4.79 Å². The fraction of sp³-hybridized carbons (Fsp3) is 0.500. The molecule has 4 nitrogen and oxygen atoms in total. The van der Waals surface area contributed by atoms with Gasteiger partial charge in [-0.05, 0) is 25.5 Å². The topological polar surface area (TPSA) is 49.8 Å². The Morgan fingerprint density at radius 3 is 2.95 bits per heavy atom. The molecule has 2 unspecified atom stereocenters. The first-order valence-corrected chi connectivity index (χ1v) is 6.82. The highest BCUT2D eigenvalue weighted by molar-refractivity contribution is 6.34. The average molecular weight is 284 g/mol. The highest BCUT2D eigenvalue weighted by atomic mass is 35.5. The minimum Gasteiger partial charge on any atom is -0.478 e. The van der Waals surface area contributed by atoms with Gasteiger partial charge in [0, 0.05) is 6.54 Å². The Morgan fingerprint density at radius 2 is 2.32 bits per heavy atom. The van der Waals surface area contributed by atoms with E-state index < -0.39 is 5.97 Å². The highest BCUT2D eigenvalue weighted by Gasteiger charge is 2.30. The van der Waals surface area contributed by atoms with E-state index in [0.717, 1.165) is 6.42 Å². The number of nitrogens with zero attached hydrogens (tertiary/aromatic N) is 1. The summed E-state index contributed by atoms with van der Waals surface area (Å²) in [5, 5.41) is 9.81. The van der Waals surface area contributed by atoms with Crippen LogP contribution in [0.15, 0.2) is 18.2 Å². The molecule has 19 heavy (non-hydrogen) atoms. The van der Waals surface area contributed by atoms with Crippen LogP contribution in [-0.4, -0.2) is 36.4 Å². The van der Waals surface area contributed by atoms with Gasteiger partial charge in [0.05, 0.1) is 35.0 Å². The number of morpholine rings is 1. The summed E-state index contributed by atoms with van der Waals surface area (Å²) in [4.78, 5) is 13.4. The summed E-state index contributed by atoms with van der Waals surface area (Å²) in [7, 11) is 0. The van der Waals surface area contributed by atoms with Crippen molar-refractivity contribution in [2.75, 3.05) is 18.1 Å². The van der Waals surface area contributed by atoms with Crippen LogP contribution < -0.4 is 4.90 Å². The van der Waals surface area contributed by atoms with Crippen molar-refractivity contribution in [2.45, 2.75) is 32.4 Å². The van der Waals surface area contributed by atoms with E-state index in [1.54, 1.807) is 18.2 Å². The summed E-state index contributed by atoms with van der Waals surface area (Å²) in [6.07, 6.45) is 0.956. The minimum atomic E-state index is -0.952. The molecule has 2 rings (SSSR count). The third-order valence-corrected chi connectivity index (χ3v) is 3.75. The van der Waals surface area contributed by atoms with Crippen molar-refractivity contribution in [3.8, 4) is 0 Å². The second-order valence-electron chi connectivity index (χ2n) is 4.80. The number of ether oxygens (including phenoxy) is 1. The van der Waals surface area contributed by atoms with Crippen LogP contribution >= 0.6 is 11.6 Å². The van der Waals surface area contributed by atoms with E-state index in [9.17, 15) is 9.90 Å². The van der Waals surface area contributed by atoms with Crippen LogP contribution in [0.4, 0.5) is 5.69 Å². The minimum absolute atomic E-state index is 0.0701. The van der Waals surface area contributed by atoms with Crippen molar-refractivity contribution in [1.29, 1.82) is 0 Å². The van der Waals surface area contributed by atoms with Crippen LogP contribution in [0.2, 0.25) is 5.02 Å². The molecule has 1 aromatic carbocycles. The average Bonchev–Trinajstić information content (AvgIpc) is 2.38. The van der Waals surface area contributed by atoms with Gasteiger partial charge in [-0.3, -0.25) is 0 Å². The van der Waals surface area contributed by atoms with Crippen LogP contribution in [-0.2, 0) is 4.74 Å². The molecular weight excluding hydrogens is 266 g/mol. The third-order valence-electron chi connectivity index (χ3n) is 3.44. The summed E-state index contributed by atoms with van der Waals surface area (Å²) in [5.41, 5.74) is 0.860. The Kier molecular flexibility index (Phi) is 4.32. The van der Waals surface area contributed by atoms with E-state index in [-0.39, 0.29) is 17.7 Å². The molecule has 2 atom stereocenters. The smallest absolute Gasteiger partial charge is 0.337 e. The van der Waals surface area contributed by atoms with Gasteiger partial charge in [0.25, 0.3) is 0 Å². The SMILES string of the molecule is CCC1COC(C)CN1c1c(Cl)cccc1C(=O)O. The predicted octanol–water partition coefficient (Wildman–Crippen LogP) is 3.04. The number of hydrogen-bond donors (Lipinski definition) is 1. The molecule has 0 spiro atoms. The summed E-state index contributed by atoms with van der Waals surface area (Å²) in [6, 6.07) is 5.15. The zero-order valence-corrected chi connectivity index (χ0v) is 11.9. The van der Waals surface area contributed by atoms with Crippen LogP contribution in [0.3, 0.4) is 0 Å². The molecule has 1 fully saturated rings. The monoisotopic (exact) mass is 283 g/mol. The van der Waals surface area contributed by atoms with Crippen molar-refractivity contribution in [3.63, 3.8) is 0 Å². The van der Waals surface area contributed by atoms with E-state index >= 15 is 0 Å². The number of anilines is 1. The van der Waals surface area contributed by atoms with Crippen LogP contribution in [0.5, 0.6) is 0 Å². The maximum Gasteiger partial charge on any atom is 0.337 e. The van der Waals surface area contributed by atoms with Gasteiger partial charge in [-0.2, -0.15) is 0 Å². The Hall–Kier alpha value is -1.26. The molecule has 5 heteroatoms. The molecular formula is C14H18ClNO3. The molecule has 1 N–H and O–H groups in total. The van der Waals surface area contributed by atoms with Gasteiger partial charge in [-0.1, -0.05) is 24.6 Å². The molecule has 0 radical (unpaired) electrons. The van der Waals surface area contributed by atoms with E-state index in [1.165, 1.54) is 0 Å². The summed E-state index contributed by atoms with van der Waals surface area (Å²) < 4.78 is 5.64. The summed E-state index contributed by atoms with van der Waals surface area (Å²) in [5.74, 6) is -0.952. The number of para-hydroxylation sites is 1. The first kappa shape index (κ1) is 14.2. The maximum atomic E-state index is 11.4. The first-order chi connectivity index (χ1) is 9.04. The molecule has 104 valence electrons. The first-order valence-electron chi connectivity index (χ1n) is 6.44. The highest BCUT2D eigenvalue weighted by Crippen LogP contribution is 2.33. The Balaban J connectivity index is 2.46. The number of rotatable bonds is 3. The van der Waals surface area contributed by atoms with E-state index in [0.29, 0.717) is 23.9 Å². The lowest BCUT2D eigenvalue weighted by Gasteiger charge is -2.40. The lowest BCUT2D eigenvalue weighted by Crippen LogP contribution is -2.49. The fourth-order valence-electron chi connectivity index (χ4n) is 2.44. The molecule has 0 amide bonds. The van der Waals surface area contributed by atoms with Crippen molar-refractivity contribution in [1.82, 2.24) is 0 Å². The number of hydrogen-bond acceptors (Lipinski definition) is 3. The fourth-order valence-corrected chi connectivity index (χ4v) is 2.72. The maximum absolute atomic E-state index is 11.4. The molecule has 1 saturated heterocycles. The van der Waals surface area contributed by atoms with Gasteiger partial charge in [0.1, 0.15) is 0 Å². The molecule has 0 bridgehead atoms. The van der Waals surface area contributed by atoms with Gasteiger partial charge in [-0.15, -0.1) is 0 Å². The second kappa shape index (κ2) is 5.80. The number of aromatic carboxylic acids is 1. The zero-order chi connectivity index (χ0) is 14.0. The van der Waals surface area contributed by atoms with Crippen molar-refractivity contribution in [3.05, 3.63) is 28.8 Å². The van der Waals surface area contributed by atoms with E-state index in [2.05, 4.69) is 11.8 Å². The number of carbonyl (C=O) groups is 1. The normalized spacial score (nSPS) is 23.4. The lowest BCUT2D eigenvalue weighted by atomic mass is 10.1. The molecule has 1 aliphatic heterocycles.